The number of hydrogen-bond acceptors (Lipinski definition) is 2. The molecule has 165 valence electrons. The second kappa shape index (κ2) is 9.70. The monoisotopic (exact) mass is 469 g/mol. The van der Waals surface area contributed by atoms with Crippen molar-refractivity contribution in [1.82, 2.24) is 0 Å². The van der Waals surface area contributed by atoms with Crippen LogP contribution in [-0.2, 0) is 0 Å². The van der Waals surface area contributed by atoms with E-state index in [1.54, 1.807) is 12.5 Å². The van der Waals surface area contributed by atoms with Crippen molar-refractivity contribution in [2.75, 3.05) is 0 Å². The van der Waals surface area contributed by atoms with Crippen molar-refractivity contribution < 1.29 is 8.83 Å². The standard InChI is InChI=1S/C29H27O2P2/c1-21-11-4-6-14-25(21)32(26-15-7-5-12-22(26)2)23(3)24-13-8-16-27(24)33(28-17-9-19-30-28)29-18-10-20-31-29/h4-12,14-21,23H,1-3H3/t21?,23-,32?/m0/s1. The fraction of sp³-hybridized carbons (Fsp3) is 0.172. The molecule has 0 aliphatic heterocycles. The highest BCUT2D eigenvalue weighted by molar-refractivity contribution is 7.76. The normalized spacial score (nSPS) is 19.4. The van der Waals surface area contributed by atoms with Crippen molar-refractivity contribution in [2.45, 2.75) is 26.4 Å². The van der Waals surface area contributed by atoms with Crippen LogP contribution in [-0.4, -0.2) is 5.66 Å². The molecule has 3 aromatic rings. The molecule has 0 amide bonds. The van der Waals surface area contributed by atoms with E-state index in [-0.39, 0.29) is 0 Å². The molecule has 0 spiro atoms. The van der Waals surface area contributed by atoms with Crippen LogP contribution in [0.1, 0.15) is 19.4 Å². The quantitative estimate of drug-likeness (QED) is 0.273. The molecule has 2 aromatic heterocycles. The van der Waals surface area contributed by atoms with Crippen LogP contribution in [0.4, 0.5) is 0 Å². The molecule has 1 aromatic carbocycles. The van der Waals surface area contributed by atoms with Crippen molar-refractivity contribution >= 4 is 32.2 Å². The van der Waals surface area contributed by atoms with Gasteiger partial charge < -0.3 is 8.83 Å². The molecule has 2 heterocycles. The van der Waals surface area contributed by atoms with Crippen LogP contribution in [0.5, 0.6) is 0 Å². The topological polar surface area (TPSA) is 26.3 Å². The lowest BCUT2D eigenvalue weighted by Crippen LogP contribution is -2.21. The van der Waals surface area contributed by atoms with Crippen molar-refractivity contribution in [2.24, 2.45) is 5.92 Å². The van der Waals surface area contributed by atoms with Crippen molar-refractivity contribution in [1.29, 1.82) is 0 Å². The van der Waals surface area contributed by atoms with Gasteiger partial charge in [-0.2, -0.15) is 0 Å². The molecular formula is C29H27O2P2. The maximum atomic E-state index is 5.91. The molecule has 5 rings (SSSR count). The number of benzene rings is 1. The van der Waals surface area contributed by atoms with E-state index < -0.39 is 15.8 Å². The summed E-state index contributed by atoms with van der Waals surface area (Å²) < 4.78 is 11.8. The van der Waals surface area contributed by atoms with Crippen molar-refractivity contribution in [3.05, 3.63) is 125 Å². The number of allylic oxidation sites excluding steroid dienone is 7. The Morgan fingerprint density at radius 1 is 0.939 bits per heavy atom. The van der Waals surface area contributed by atoms with E-state index in [4.69, 9.17) is 8.83 Å². The Morgan fingerprint density at radius 3 is 2.30 bits per heavy atom. The molecule has 0 fully saturated rings. The summed E-state index contributed by atoms with van der Waals surface area (Å²) in [6.45, 7) is 6.92. The zero-order valence-corrected chi connectivity index (χ0v) is 20.9. The molecule has 0 N–H and O–H groups in total. The van der Waals surface area contributed by atoms with E-state index in [9.17, 15) is 0 Å². The average Bonchev–Trinajstić information content (AvgIpc) is 3.61. The van der Waals surface area contributed by atoms with E-state index in [0.717, 1.165) is 11.0 Å². The molecule has 0 saturated carbocycles. The van der Waals surface area contributed by atoms with Gasteiger partial charge in [-0.25, -0.2) is 0 Å². The molecule has 3 atom stereocenters. The molecule has 0 saturated heterocycles. The van der Waals surface area contributed by atoms with Gasteiger partial charge in [0.1, 0.15) is 11.0 Å². The zero-order chi connectivity index (χ0) is 22.8. The minimum atomic E-state index is -0.913. The van der Waals surface area contributed by atoms with Crippen molar-refractivity contribution in [3.63, 3.8) is 0 Å². The summed E-state index contributed by atoms with van der Waals surface area (Å²) in [7, 11) is -1.52. The predicted octanol–water partition coefficient (Wildman–Crippen LogP) is 7.08. The van der Waals surface area contributed by atoms with Crippen LogP contribution >= 0.6 is 15.8 Å². The molecule has 33 heavy (non-hydrogen) atoms. The fourth-order valence-electron chi connectivity index (χ4n) is 4.51. The third-order valence-electron chi connectivity index (χ3n) is 6.15. The molecule has 2 unspecified atom stereocenters. The third-order valence-corrected chi connectivity index (χ3v) is 11.6. The average molecular weight is 469 g/mol. The first-order chi connectivity index (χ1) is 16.1. The molecule has 1 radical (unpaired) electrons. The van der Waals surface area contributed by atoms with E-state index in [0.29, 0.717) is 11.6 Å². The summed E-state index contributed by atoms with van der Waals surface area (Å²) in [4.78, 5) is 0. The lowest BCUT2D eigenvalue weighted by atomic mass is 10.1. The highest BCUT2D eigenvalue weighted by Crippen LogP contribution is 2.59. The Labute approximate surface area is 198 Å². The number of rotatable bonds is 7. The molecule has 0 bridgehead atoms. The molecule has 2 nitrogen and oxygen atoms in total. The molecular weight excluding hydrogens is 442 g/mol. The molecule has 2 aliphatic carbocycles. The van der Waals surface area contributed by atoms with Crippen LogP contribution in [0.15, 0.2) is 122 Å². The summed E-state index contributed by atoms with van der Waals surface area (Å²) in [6, 6.07) is 16.9. The van der Waals surface area contributed by atoms with Crippen LogP contribution < -0.4 is 16.3 Å². The van der Waals surface area contributed by atoms with E-state index in [1.807, 2.05) is 12.1 Å². The van der Waals surface area contributed by atoms with Gasteiger partial charge in [-0.15, -0.1) is 5.73 Å². The second-order valence-corrected chi connectivity index (χ2v) is 12.9. The maximum absolute atomic E-state index is 5.91. The van der Waals surface area contributed by atoms with Gasteiger partial charge in [0.2, 0.25) is 0 Å². The summed E-state index contributed by atoms with van der Waals surface area (Å²) in [5.74, 6) is 0.415. The van der Waals surface area contributed by atoms with Crippen LogP contribution in [0.2, 0.25) is 0 Å². The van der Waals surface area contributed by atoms with Gasteiger partial charge in [0.05, 0.1) is 20.4 Å². The highest BCUT2D eigenvalue weighted by atomic mass is 31.1. The zero-order valence-electron chi connectivity index (χ0n) is 19.1. The second-order valence-electron chi connectivity index (χ2n) is 8.30. The Kier molecular flexibility index (Phi) is 6.52. The Bertz CT molecular complexity index is 1230. The lowest BCUT2D eigenvalue weighted by Gasteiger charge is -2.34. The molecule has 2 aliphatic rings. The van der Waals surface area contributed by atoms with Crippen LogP contribution in [0, 0.1) is 19.3 Å². The van der Waals surface area contributed by atoms with E-state index >= 15 is 0 Å². The summed E-state index contributed by atoms with van der Waals surface area (Å²) in [5, 5.41) is 4.23. The lowest BCUT2D eigenvalue weighted by molar-refractivity contribution is 0.593. The van der Waals surface area contributed by atoms with Gasteiger partial charge in [0, 0.05) is 23.0 Å². The minimum Gasteiger partial charge on any atom is -0.464 e. The van der Waals surface area contributed by atoms with Gasteiger partial charge in [-0.05, 0) is 73.4 Å². The first kappa shape index (κ1) is 22.2. The SMILES string of the molecule is Cc1ccccc1P(C1=C[CH]C=CC1C)[C@@H](C)C1=C=CC=C1P(c1ccco1)c1ccco1. The van der Waals surface area contributed by atoms with Crippen molar-refractivity contribution in [3.8, 4) is 0 Å². The van der Waals surface area contributed by atoms with Gasteiger partial charge in [0.25, 0.3) is 0 Å². The third kappa shape index (κ3) is 4.32. The van der Waals surface area contributed by atoms with E-state index in [1.165, 1.54) is 27.1 Å². The summed E-state index contributed by atoms with van der Waals surface area (Å²) in [5.41, 5.74) is 8.46. The van der Waals surface area contributed by atoms with Crippen LogP contribution in [0.25, 0.3) is 0 Å². The first-order valence-electron chi connectivity index (χ1n) is 11.3. The summed E-state index contributed by atoms with van der Waals surface area (Å²) >= 11 is 0. The fourth-order valence-corrected chi connectivity index (χ4v) is 9.92. The predicted molar refractivity (Wildman–Crippen MR) is 141 cm³/mol. The van der Waals surface area contributed by atoms with Gasteiger partial charge in [0.15, 0.2) is 0 Å². The Balaban J connectivity index is 1.58. The van der Waals surface area contributed by atoms with Gasteiger partial charge in [-0.3, -0.25) is 0 Å². The number of hydrogen-bond donors (Lipinski definition) is 0. The number of aryl methyl sites for hydroxylation is 1. The largest absolute Gasteiger partial charge is 0.464 e. The van der Waals surface area contributed by atoms with E-state index in [2.05, 4.69) is 99.7 Å². The van der Waals surface area contributed by atoms with Gasteiger partial charge >= 0.3 is 0 Å². The smallest absolute Gasteiger partial charge is 0.137 e. The highest BCUT2D eigenvalue weighted by Gasteiger charge is 2.35. The minimum absolute atomic E-state index is 0.301. The Morgan fingerprint density at radius 2 is 1.67 bits per heavy atom. The number of furan rings is 2. The first-order valence-corrected chi connectivity index (χ1v) is 14.0. The van der Waals surface area contributed by atoms with Gasteiger partial charge in [-0.1, -0.05) is 56.3 Å². The molecule has 4 heteroatoms. The van der Waals surface area contributed by atoms with Crippen LogP contribution in [0.3, 0.4) is 0 Å². The summed E-state index contributed by atoms with van der Waals surface area (Å²) in [6.07, 6.45) is 16.8. The Hall–Kier alpha value is -2.62. The maximum Gasteiger partial charge on any atom is 0.137 e.